The third kappa shape index (κ3) is 2.46. The van der Waals surface area contributed by atoms with Crippen molar-refractivity contribution in [3.05, 3.63) is 27.1 Å². The van der Waals surface area contributed by atoms with Crippen LogP contribution >= 0.6 is 23.1 Å². The Balaban J connectivity index is 2.03. The quantitative estimate of drug-likeness (QED) is 0.864. The van der Waals surface area contributed by atoms with E-state index in [0.717, 1.165) is 30.7 Å². The number of carbonyl (C=O) groups excluding carboxylic acids is 1. The lowest BCUT2D eigenvalue weighted by molar-refractivity contribution is 0.0761. The van der Waals surface area contributed by atoms with Crippen LogP contribution in [0.15, 0.2) is 11.1 Å². The van der Waals surface area contributed by atoms with Gasteiger partial charge in [0.05, 0.1) is 22.0 Å². The SMILES string of the molecule is CCCC1SCCN1C(=O)c1sc2ncn(C)c(=O)c2c1C. The lowest BCUT2D eigenvalue weighted by Crippen LogP contribution is -2.34. The zero-order valence-corrected chi connectivity index (χ0v) is 14.6. The van der Waals surface area contributed by atoms with Gasteiger partial charge < -0.3 is 9.47 Å². The first-order chi connectivity index (χ1) is 10.5. The average molecular weight is 337 g/mol. The minimum atomic E-state index is -0.0845. The molecule has 2 aromatic heterocycles. The lowest BCUT2D eigenvalue weighted by atomic mass is 10.2. The van der Waals surface area contributed by atoms with Crippen molar-refractivity contribution in [1.29, 1.82) is 0 Å². The Kier molecular flexibility index (Phi) is 4.27. The third-order valence-corrected chi connectivity index (χ3v) is 6.47. The number of fused-ring (bicyclic) bond motifs is 1. The van der Waals surface area contributed by atoms with Crippen LogP contribution in [-0.2, 0) is 7.05 Å². The molecule has 1 amide bonds. The monoisotopic (exact) mass is 337 g/mol. The predicted molar refractivity (Wildman–Crippen MR) is 91.8 cm³/mol. The summed E-state index contributed by atoms with van der Waals surface area (Å²) in [6.45, 7) is 4.78. The zero-order valence-electron chi connectivity index (χ0n) is 13.0. The van der Waals surface area contributed by atoms with Gasteiger partial charge in [-0.05, 0) is 18.9 Å². The van der Waals surface area contributed by atoms with Gasteiger partial charge in [0.25, 0.3) is 11.5 Å². The van der Waals surface area contributed by atoms with Gasteiger partial charge in [-0.15, -0.1) is 23.1 Å². The topological polar surface area (TPSA) is 55.2 Å². The molecule has 1 aliphatic heterocycles. The lowest BCUT2D eigenvalue weighted by Gasteiger charge is -2.23. The summed E-state index contributed by atoms with van der Waals surface area (Å²) in [4.78, 5) is 32.7. The Labute approximate surface area is 137 Å². The minimum Gasteiger partial charge on any atom is -0.325 e. The highest BCUT2D eigenvalue weighted by molar-refractivity contribution is 8.00. The van der Waals surface area contributed by atoms with E-state index in [1.807, 2.05) is 23.6 Å². The fraction of sp³-hybridized carbons (Fsp3) is 0.533. The predicted octanol–water partition coefficient (Wildman–Crippen LogP) is 2.62. The normalized spacial score (nSPS) is 18.3. The highest BCUT2D eigenvalue weighted by Gasteiger charge is 2.31. The van der Waals surface area contributed by atoms with Crippen LogP contribution in [0.2, 0.25) is 0 Å². The summed E-state index contributed by atoms with van der Waals surface area (Å²) in [6, 6.07) is 0. The molecule has 7 heteroatoms. The van der Waals surface area contributed by atoms with Crippen molar-refractivity contribution in [1.82, 2.24) is 14.5 Å². The summed E-state index contributed by atoms with van der Waals surface area (Å²) in [5, 5.41) is 0.843. The fourth-order valence-electron chi connectivity index (χ4n) is 2.78. The van der Waals surface area contributed by atoms with Gasteiger partial charge in [0.1, 0.15) is 4.83 Å². The molecule has 3 rings (SSSR count). The molecule has 1 fully saturated rings. The van der Waals surface area contributed by atoms with Crippen molar-refractivity contribution >= 4 is 39.2 Å². The maximum absolute atomic E-state index is 12.9. The Bertz CT molecular complexity index is 781. The first-order valence-corrected chi connectivity index (χ1v) is 9.28. The number of amides is 1. The summed E-state index contributed by atoms with van der Waals surface area (Å²) in [5.41, 5.74) is 0.685. The van der Waals surface area contributed by atoms with E-state index in [1.165, 1.54) is 22.2 Å². The molecule has 1 saturated heterocycles. The van der Waals surface area contributed by atoms with Crippen molar-refractivity contribution in [2.75, 3.05) is 12.3 Å². The largest absolute Gasteiger partial charge is 0.325 e. The summed E-state index contributed by atoms with van der Waals surface area (Å²) < 4.78 is 1.46. The Morgan fingerprint density at radius 3 is 3.00 bits per heavy atom. The van der Waals surface area contributed by atoms with Crippen LogP contribution < -0.4 is 5.56 Å². The van der Waals surface area contributed by atoms with Crippen molar-refractivity contribution in [2.45, 2.75) is 32.1 Å². The van der Waals surface area contributed by atoms with E-state index in [2.05, 4.69) is 11.9 Å². The molecule has 1 atom stereocenters. The van der Waals surface area contributed by atoms with Crippen molar-refractivity contribution in [3.63, 3.8) is 0 Å². The molecule has 0 N–H and O–H groups in total. The summed E-state index contributed by atoms with van der Waals surface area (Å²) in [7, 11) is 1.68. The van der Waals surface area contributed by atoms with E-state index in [4.69, 9.17) is 0 Å². The standard InChI is InChI=1S/C15H19N3O2S2/c1-4-5-10-18(6-7-21-10)15(20)12-9(2)11-13(22-12)16-8-17(3)14(11)19/h8,10H,4-7H2,1-3H3. The number of thioether (sulfide) groups is 1. The van der Waals surface area contributed by atoms with E-state index in [-0.39, 0.29) is 16.8 Å². The molecular formula is C15H19N3O2S2. The summed E-state index contributed by atoms with van der Waals surface area (Å²) in [5.74, 6) is 1.03. The van der Waals surface area contributed by atoms with Gasteiger partial charge in [-0.2, -0.15) is 0 Å². The fourth-order valence-corrected chi connectivity index (χ4v) is 5.24. The molecule has 0 aliphatic carbocycles. The second kappa shape index (κ2) is 6.04. The van der Waals surface area contributed by atoms with E-state index in [0.29, 0.717) is 15.1 Å². The highest BCUT2D eigenvalue weighted by Crippen LogP contribution is 2.33. The number of hydrogen-bond acceptors (Lipinski definition) is 5. The molecule has 3 heterocycles. The molecule has 0 spiro atoms. The number of rotatable bonds is 3. The number of nitrogens with zero attached hydrogens (tertiary/aromatic N) is 3. The number of hydrogen-bond donors (Lipinski definition) is 0. The van der Waals surface area contributed by atoms with Crippen molar-refractivity contribution < 1.29 is 4.79 Å². The summed E-state index contributed by atoms with van der Waals surface area (Å²) >= 11 is 3.18. The molecule has 1 aliphatic rings. The van der Waals surface area contributed by atoms with Gasteiger partial charge in [-0.1, -0.05) is 13.3 Å². The molecular weight excluding hydrogens is 318 g/mol. The van der Waals surface area contributed by atoms with Crippen molar-refractivity contribution in [3.8, 4) is 0 Å². The Morgan fingerprint density at radius 2 is 2.27 bits per heavy atom. The molecule has 0 aromatic carbocycles. The summed E-state index contributed by atoms with van der Waals surface area (Å²) in [6.07, 6.45) is 3.59. The van der Waals surface area contributed by atoms with Crippen LogP contribution in [0.3, 0.4) is 0 Å². The Hall–Kier alpha value is -1.34. The molecule has 1 unspecified atom stereocenters. The molecule has 0 saturated carbocycles. The molecule has 5 nitrogen and oxygen atoms in total. The molecule has 118 valence electrons. The number of thiophene rings is 1. The maximum Gasteiger partial charge on any atom is 0.265 e. The zero-order chi connectivity index (χ0) is 15.9. The maximum atomic E-state index is 12.9. The molecule has 2 aromatic rings. The van der Waals surface area contributed by atoms with Gasteiger partial charge in [0, 0.05) is 19.3 Å². The first-order valence-electron chi connectivity index (χ1n) is 7.42. The second-order valence-corrected chi connectivity index (χ2v) is 7.79. The average Bonchev–Trinajstić information content (AvgIpc) is 3.08. The van der Waals surface area contributed by atoms with Crippen LogP contribution in [0.25, 0.3) is 10.2 Å². The van der Waals surface area contributed by atoms with Crippen LogP contribution in [0.1, 0.15) is 35.0 Å². The van der Waals surface area contributed by atoms with Crippen molar-refractivity contribution in [2.24, 2.45) is 7.05 Å². The van der Waals surface area contributed by atoms with E-state index in [1.54, 1.807) is 7.05 Å². The number of aromatic nitrogens is 2. The highest BCUT2D eigenvalue weighted by atomic mass is 32.2. The van der Waals surface area contributed by atoms with E-state index in [9.17, 15) is 9.59 Å². The van der Waals surface area contributed by atoms with Gasteiger partial charge in [0.2, 0.25) is 0 Å². The van der Waals surface area contributed by atoms with Crippen LogP contribution in [0.5, 0.6) is 0 Å². The second-order valence-electron chi connectivity index (χ2n) is 5.51. The van der Waals surface area contributed by atoms with Gasteiger partial charge in [-0.3, -0.25) is 9.59 Å². The number of carbonyl (C=O) groups is 1. The van der Waals surface area contributed by atoms with E-state index < -0.39 is 0 Å². The van der Waals surface area contributed by atoms with Crippen LogP contribution in [0, 0.1) is 6.92 Å². The molecule has 0 radical (unpaired) electrons. The van der Waals surface area contributed by atoms with Gasteiger partial charge in [-0.25, -0.2) is 4.98 Å². The van der Waals surface area contributed by atoms with Gasteiger partial charge in [0.15, 0.2) is 0 Å². The molecule has 22 heavy (non-hydrogen) atoms. The van der Waals surface area contributed by atoms with Crippen LogP contribution in [-0.4, -0.2) is 38.0 Å². The third-order valence-electron chi connectivity index (χ3n) is 3.99. The Morgan fingerprint density at radius 1 is 1.50 bits per heavy atom. The van der Waals surface area contributed by atoms with Gasteiger partial charge >= 0.3 is 0 Å². The number of aryl methyl sites for hydroxylation is 2. The minimum absolute atomic E-state index is 0.0472. The van der Waals surface area contributed by atoms with Crippen LogP contribution in [0.4, 0.5) is 0 Å². The smallest absolute Gasteiger partial charge is 0.265 e. The van der Waals surface area contributed by atoms with E-state index >= 15 is 0 Å². The molecule has 0 bridgehead atoms. The first kappa shape index (κ1) is 15.6.